The predicted octanol–water partition coefficient (Wildman–Crippen LogP) is 2.74. The van der Waals surface area contributed by atoms with Crippen molar-refractivity contribution in [2.75, 3.05) is 11.9 Å². The van der Waals surface area contributed by atoms with Gasteiger partial charge >= 0.3 is 0 Å². The normalized spacial score (nSPS) is 16.4. The predicted molar refractivity (Wildman–Crippen MR) is 96.0 cm³/mol. The molecule has 0 radical (unpaired) electrons. The molecule has 124 valence electrons. The molecule has 3 rings (SSSR count). The first-order valence-electron chi connectivity index (χ1n) is 7.59. The number of hydrogen-bond acceptors (Lipinski definition) is 5. The minimum atomic E-state index is -0.239. The number of nitrogens with two attached hydrogens (primary N) is 1. The van der Waals surface area contributed by atoms with Crippen molar-refractivity contribution >= 4 is 33.5 Å². The average Bonchev–Trinajstić information content (AvgIpc) is 3.00. The summed E-state index contributed by atoms with van der Waals surface area (Å²) in [6, 6.07) is 13.4. The van der Waals surface area contributed by atoms with E-state index in [2.05, 4.69) is 31.2 Å². The van der Waals surface area contributed by atoms with E-state index in [1.165, 1.54) is 5.56 Å². The number of carbonyl (C=O) groups is 1. The molecule has 2 aromatic rings. The van der Waals surface area contributed by atoms with Crippen LogP contribution in [0.5, 0.6) is 0 Å². The number of carbonyl (C=O) groups excluding carboxylic acids is 1. The van der Waals surface area contributed by atoms with E-state index >= 15 is 0 Å². The van der Waals surface area contributed by atoms with E-state index in [9.17, 15) is 4.79 Å². The van der Waals surface area contributed by atoms with Gasteiger partial charge in [0.05, 0.1) is 6.04 Å². The Morgan fingerprint density at radius 1 is 1.29 bits per heavy atom. The van der Waals surface area contributed by atoms with Gasteiger partial charge in [0, 0.05) is 5.69 Å². The molecule has 6 nitrogen and oxygen atoms in total. The van der Waals surface area contributed by atoms with Crippen LogP contribution >= 0.6 is 15.9 Å². The zero-order valence-electron chi connectivity index (χ0n) is 12.9. The van der Waals surface area contributed by atoms with E-state index in [1.54, 1.807) is 18.2 Å². The summed E-state index contributed by atoms with van der Waals surface area (Å²) in [5.41, 5.74) is 7.77. The third-order valence-electron chi connectivity index (χ3n) is 3.66. The minimum Gasteiger partial charge on any atom is -0.463 e. The number of pyridine rings is 1. The molecule has 1 atom stereocenters. The molecular weight excluding hydrogens is 372 g/mol. The molecular formula is C17H17BrN4O2. The Bertz CT molecular complexity index is 761. The first-order valence-corrected chi connectivity index (χ1v) is 8.38. The molecule has 0 saturated heterocycles. The number of aromatic nitrogens is 1. The van der Waals surface area contributed by atoms with E-state index in [1.807, 2.05) is 24.3 Å². The van der Waals surface area contributed by atoms with Crippen molar-refractivity contribution in [3.8, 4) is 0 Å². The summed E-state index contributed by atoms with van der Waals surface area (Å²) < 4.78 is 5.77. The molecule has 24 heavy (non-hydrogen) atoms. The van der Waals surface area contributed by atoms with Crippen LogP contribution < -0.4 is 11.1 Å². The fraction of sp³-hybridized carbons (Fsp3) is 0.235. The van der Waals surface area contributed by atoms with Crippen LogP contribution in [0.1, 0.15) is 22.5 Å². The Morgan fingerprint density at radius 3 is 2.75 bits per heavy atom. The monoisotopic (exact) mass is 388 g/mol. The molecule has 3 N–H and O–H groups in total. The third kappa shape index (κ3) is 4.32. The van der Waals surface area contributed by atoms with Crippen LogP contribution in [-0.2, 0) is 11.2 Å². The summed E-state index contributed by atoms with van der Waals surface area (Å²) in [5.74, 6) is -0.239. The standard InChI is InChI=1S/C17H17BrN4O2/c18-15-3-1-2-14(22-15)16(23)20-12-7-4-11(5-8-12)6-9-13-10-24-17(19)21-13/h1-5,7-8,13H,6,9-10H2,(H2,19,21)(H,20,23). The molecule has 0 spiro atoms. The van der Waals surface area contributed by atoms with Gasteiger partial charge in [0.1, 0.15) is 16.9 Å². The number of ether oxygens (including phenoxy) is 1. The lowest BCUT2D eigenvalue weighted by Gasteiger charge is -2.08. The summed E-state index contributed by atoms with van der Waals surface area (Å²) in [6.45, 7) is 0.555. The molecule has 0 bridgehead atoms. The van der Waals surface area contributed by atoms with E-state index < -0.39 is 0 Å². The lowest BCUT2D eigenvalue weighted by Crippen LogP contribution is -2.13. The Labute approximate surface area is 148 Å². The maximum atomic E-state index is 12.1. The molecule has 1 aliphatic heterocycles. The molecule has 1 aliphatic rings. The smallest absolute Gasteiger partial charge is 0.282 e. The number of rotatable bonds is 5. The van der Waals surface area contributed by atoms with Gasteiger partial charge in [-0.3, -0.25) is 4.79 Å². The molecule has 1 aromatic heterocycles. The largest absolute Gasteiger partial charge is 0.463 e. The van der Waals surface area contributed by atoms with Crippen molar-refractivity contribution in [3.63, 3.8) is 0 Å². The van der Waals surface area contributed by atoms with E-state index in [-0.39, 0.29) is 18.0 Å². The van der Waals surface area contributed by atoms with Crippen molar-refractivity contribution in [1.29, 1.82) is 0 Å². The third-order valence-corrected chi connectivity index (χ3v) is 4.10. The van der Waals surface area contributed by atoms with Gasteiger partial charge in [-0.1, -0.05) is 18.2 Å². The number of amidine groups is 1. The SMILES string of the molecule is NC1=NC(CCc2ccc(NC(=O)c3cccc(Br)n3)cc2)CO1. The summed E-state index contributed by atoms with van der Waals surface area (Å²) in [6.07, 6.45) is 1.76. The number of anilines is 1. The first-order chi connectivity index (χ1) is 11.6. The van der Waals surface area contributed by atoms with Gasteiger partial charge in [-0.05, 0) is 58.6 Å². The zero-order valence-corrected chi connectivity index (χ0v) is 14.5. The quantitative estimate of drug-likeness (QED) is 0.770. The highest BCUT2D eigenvalue weighted by molar-refractivity contribution is 9.10. The van der Waals surface area contributed by atoms with Gasteiger partial charge in [-0.25, -0.2) is 9.98 Å². The van der Waals surface area contributed by atoms with Gasteiger partial charge in [-0.15, -0.1) is 0 Å². The van der Waals surface area contributed by atoms with E-state index in [4.69, 9.17) is 10.5 Å². The Kier molecular flexibility index (Phi) is 5.10. The number of aryl methyl sites for hydroxylation is 1. The van der Waals surface area contributed by atoms with Gasteiger partial charge in [0.2, 0.25) is 0 Å². The van der Waals surface area contributed by atoms with Gasteiger partial charge < -0.3 is 15.8 Å². The highest BCUT2D eigenvalue weighted by atomic mass is 79.9. The van der Waals surface area contributed by atoms with E-state index in [0.29, 0.717) is 16.9 Å². The van der Waals surface area contributed by atoms with Crippen molar-refractivity contribution < 1.29 is 9.53 Å². The minimum absolute atomic E-state index is 0.131. The van der Waals surface area contributed by atoms with Gasteiger partial charge in [0.25, 0.3) is 11.9 Å². The van der Waals surface area contributed by atoms with Crippen LogP contribution in [-0.4, -0.2) is 29.6 Å². The summed E-state index contributed by atoms with van der Waals surface area (Å²) in [4.78, 5) is 20.5. The van der Waals surface area contributed by atoms with Crippen LogP contribution in [0, 0.1) is 0 Å². The fourth-order valence-electron chi connectivity index (χ4n) is 2.40. The van der Waals surface area contributed by atoms with Crippen LogP contribution in [0.2, 0.25) is 0 Å². The second-order valence-electron chi connectivity index (χ2n) is 5.47. The second-order valence-corrected chi connectivity index (χ2v) is 6.28. The van der Waals surface area contributed by atoms with Crippen molar-refractivity contribution in [2.45, 2.75) is 18.9 Å². The first kappa shape index (κ1) is 16.4. The van der Waals surface area contributed by atoms with Crippen LogP contribution in [0.4, 0.5) is 5.69 Å². The van der Waals surface area contributed by atoms with Gasteiger partial charge in [-0.2, -0.15) is 0 Å². The van der Waals surface area contributed by atoms with Crippen molar-refractivity contribution in [3.05, 3.63) is 58.3 Å². The molecule has 0 fully saturated rings. The lowest BCUT2D eigenvalue weighted by atomic mass is 10.1. The maximum absolute atomic E-state index is 12.1. The Balaban J connectivity index is 1.55. The number of halogens is 1. The van der Waals surface area contributed by atoms with E-state index in [0.717, 1.165) is 18.5 Å². The number of aliphatic imine (C=N–C) groups is 1. The number of nitrogens with zero attached hydrogens (tertiary/aromatic N) is 2. The van der Waals surface area contributed by atoms with Crippen LogP contribution in [0.3, 0.4) is 0 Å². The number of hydrogen-bond donors (Lipinski definition) is 2. The second kappa shape index (κ2) is 7.44. The molecule has 0 aliphatic carbocycles. The highest BCUT2D eigenvalue weighted by Gasteiger charge is 2.16. The summed E-state index contributed by atoms with van der Waals surface area (Å²) >= 11 is 3.26. The number of benzene rings is 1. The zero-order chi connectivity index (χ0) is 16.9. The Hall–Kier alpha value is -2.41. The summed E-state index contributed by atoms with van der Waals surface area (Å²) in [5, 5.41) is 2.84. The number of nitrogens with one attached hydrogen (secondary N) is 1. The molecule has 0 saturated carbocycles. The summed E-state index contributed by atoms with van der Waals surface area (Å²) in [7, 11) is 0. The topological polar surface area (TPSA) is 89.6 Å². The molecule has 1 aromatic carbocycles. The maximum Gasteiger partial charge on any atom is 0.282 e. The van der Waals surface area contributed by atoms with Gasteiger partial charge in [0.15, 0.2) is 0 Å². The van der Waals surface area contributed by atoms with Crippen molar-refractivity contribution in [1.82, 2.24) is 4.98 Å². The lowest BCUT2D eigenvalue weighted by molar-refractivity contribution is 0.102. The fourth-order valence-corrected chi connectivity index (χ4v) is 2.75. The molecule has 7 heteroatoms. The average molecular weight is 389 g/mol. The van der Waals surface area contributed by atoms with Crippen LogP contribution in [0.15, 0.2) is 52.1 Å². The molecule has 2 heterocycles. The van der Waals surface area contributed by atoms with Crippen LogP contribution in [0.25, 0.3) is 0 Å². The molecule has 1 unspecified atom stereocenters. The molecule has 1 amide bonds. The Morgan fingerprint density at radius 2 is 2.08 bits per heavy atom. The number of amides is 1. The highest BCUT2D eigenvalue weighted by Crippen LogP contribution is 2.15. The van der Waals surface area contributed by atoms with Crippen molar-refractivity contribution in [2.24, 2.45) is 10.7 Å².